The highest BCUT2D eigenvalue weighted by Gasteiger charge is 2.22. The van der Waals surface area contributed by atoms with Gasteiger partial charge in [0.15, 0.2) is 0 Å². The van der Waals surface area contributed by atoms with Crippen molar-refractivity contribution in [2.75, 3.05) is 43.8 Å². The Hall–Kier alpha value is -2.98. The standard InChI is InChI=1S/C20H21FN4O4S/c21-15-1-3-16(4-2-15)22-19(26)13-23-9-11-24(12-10-23)20(27)14-30-18-7-5-17(6-8-18)25(28)29/h1-8H,9-14H2,(H,22,26). The van der Waals surface area contributed by atoms with Crippen LogP contribution in [0.3, 0.4) is 0 Å². The molecule has 0 spiro atoms. The van der Waals surface area contributed by atoms with E-state index in [0.29, 0.717) is 31.9 Å². The third kappa shape index (κ3) is 6.26. The highest BCUT2D eigenvalue weighted by Crippen LogP contribution is 2.22. The second kappa shape index (κ2) is 10.2. The maximum atomic E-state index is 12.9. The van der Waals surface area contributed by atoms with Gasteiger partial charge in [0.25, 0.3) is 5.69 Å². The minimum Gasteiger partial charge on any atom is -0.339 e. The van der Waals surface area contributed by atoms with Crippen LogP contribution in [0.5, 0.6) is 0 Å². The molecule has 3 rings (SSSR count). The number of halogens is 1. The molecular weight excluding hydrogens is 411 g/mol. The number of nitro benzene ring substituents is 1. The number of nitrogens with one attached hydrogen (secondary N) is 1. The molecule has 0 aliphatic carbocycles. The van der Waals surface area contributed by atoms with Crippen molar-refractivity contribution in [1.82, 2.24) is 9.80 Å². The van der Waals surface area contributed by atoms with Gasteiger partial charge in [-0.2, -0.15) is 0 Å². The van der Waals surface area contributed by atoms with Crippen LogP contribution < -0.4 is 5.32 Å². The van der Waals surface area contributed by atoms with Crippen molar-refractivity contribution in [2.45, 2.75) is 4.90 Å². The summed E-state index contributed by atoms with van der Waals surface area (Å²) in [5, 5.41) is 13.4. The Labute approximate surface area is 177 Å². The predicted molar refractivity (Wildman–Crippen MR) is 112 cm³/mol. The molecule has 0 atom stereocenters. The zero-order chi connectivity index (χ0) is 21.5. The largest absolute Gasteiger partial charge is 0.339 e. The van der Waals surface area contributed by atoms with Crippen molar-refractivity contribution in [3.8, 4) is 0 Å². The van der Waals surface area contributed by atoms with Crippen LogP contribution in [0, 0.1) is 15.9 Å². The summed E-state index contributed by atoms with van der Waals surface area (Å²) in [7, 11) is 0. The van der Waals surface area contributed by atoms with Gasteiger partial charge in [-0.25, -0.2) is 4.39 Å². The number of anilines is 1. The molecule has 0 saturated carbocycles. The second-order valence-electron chi connectivity index (χ2n) is 6.75. The number of nitro groups is 1. The molecule has 1 N–H and O–H groups in total. The highest BCUT2D eigenvalue weighted by molar-refractivity contribution is 8.00. The molecule has 1 saturated heterocycles. The summed E-state index contributed by atoms with van der Waals surface area (Å²) in [6, 6.07) is 11.7. The number of carbonyl (C=O) groups is 2. The highest BCUT2D eigenvalue weighted by atomic mass is 32.2. The van der Waals surface area contributed by atoms with Gasteiger partial charge >= 0.3 is 0 Å². The number of carbonyl (C=O) groups excluding carboxylic acids is 2. The molecule has 8 nitrogen and oxygen atoms in total. The van der Waals surface area contributed by atoms with Crippen LogP contribution in [0.2, 0.25) is 0 Å². The molecule has 0 unspecified atom stereocenters. The Balaban J connectivity index is 1.38. The first-order chi connectivity index (χ1) is 14.4. The number of benzene rings is 2. The first-order valence-electron chi connectivity index (χ1n) is 9.33. The average molecular weight is 432 g/mol. The van der Waals surface area contributed by atoms with E-state index in [2.05, 4.69) is 5.32 Å². The Bertz CT molecular complexity index is 900. The number of non-ortho nitro benzene ring substituents is 1. The average Bonchev–Trinajstić information content (AvgIpc) is 2.74. The smallest absolute Gasteiger partial charge is 0.269 e. The molecule has 10 heteroatoms. The maximum Gasteiger partial charge on any atom is 0.269 e. The van der Waals surface area contributed by atoms with Gasteiger partial charge in [0, 0.05) is 48.9 Å². The van der Waals surface area contributed by atoms with Gasteiger partial charge in [0.1, 0.15) is 5.82 Å². The molecule has 1 aliphatic heterocycles. The van der Waals surface area contributed by atoms with Crippen molar-refractivity contribution in [1.29, 1.82) is 0 Å². The van der Waals surface area contributed by atoms with Crippen molar-refractivity contribution < 1.29 is 18.9 Å². The Morgan fingerprint density at radius 3 is 2.27 bits per heavy atom. The lowest BCUT2D eigenvalue weighted by Crippen LogP contribution is -2.50. The number of hydrogen-bond donors (Lipinski definition) is 1. The van der Waals surface area contributed by atoms with E-state index in [1.807, 2.05) is 4.90 Å². The van der Waals surface area contributed by atoms with E-state index in [1.54, 1.807) is 17.0 Å². The summed E-state index contributed by atoms with van der Waals surface area (Å²) in [6.45, 7) is 2.44. The Morgan fingerprint density at radius 2 is 1.67 bits per heavy atom. The lowest BCUT2D eigenvalue weighted by molar-refractivity contribution is -0.384. The van der Waals surface area contributed by atoms with Gasteiger partial charge in [-0.3, -0.25) is 24.6 Å². The van der Waals surface area contributed by atoms with E-state index >= 15 is 0 Å². The van der Waals surface area contributed by atoms with Crippen molar-refractivity contribution in [3.05, 3.63) is 64.5 Å². The first kappa shape index (κ1) is 21.7. The van der Waals surface area contributed by atoms with Gasteiger partial charge < -0.3 is 10.2 Å². The molecule has 0 radical (unpaired) electrons. The first-order valence-corrected chi connectivity index (χ1v) is 10.3. The summed E-state index contributed by atoms with van der Waals surface area (Å²) in [5.41, 5.74) is 0.559. The zero-order valence-electron chi connectivity index (χ0n) is 16.1. The number of thioether (sulfide) groups is 1. The minimum absolute atomic E-state index is 0.00577. The molecular formula is C20H21FN4O4S. The molecule has 0 bridgehead atoms. The minimum atomic E-state index is -0.459. The fraction of sp³-hybridized carbons (Fsp3) is 0.300. The second-order valence-corrected chi connectivity index (χ2v) is 7.80. The lowest BCUT2D eigenvalue weighted by atomic mass is 10.3. The fourth-order valence-corrected chi connectivity index (χ4v) is 3.79. The van der Waals surface area contributed by atoms with Crippen LogP contribution in [0.25, 0.3) is 0 Å². The SMILES string of the molecule is O=C(CN1CCN(C(=O)CSc2ccc([N+](=O)[O-])cc2)CC1)Nc1ccc(F)cc1. The Morgan fingerprint density at radius 1 is 1.03 bits per heavy atom. The van der Waals surface area contributed by atoms with Crippen LogP contribution in [0.15, 0.2) is 53.4 Å². The van der Waals surface area contributed by atoms with Crippen molar-refractivity contribution >= 4 is 35.0 Å². The van der Waals surface area contributed by atoms with Gasteiger partial charge in [-0.15, -0.1) is 11.8 Å². The quantitative estimate of drug-likeness (QED) is 0.411. The van der Waals surface area contributed by atoms with Crippen molar-refractivity contribution in [2.24, 2.45) is 0 Å². The summed E-state index contributed by atoms with van der Waals surface area (Å²) >= 11 is 1.34. The van der Waals surface area contributed by atoms with E-state index < -0.39 is 4.92 Å². The predicted octanol–water partition coefficient (Wildman–Crippen LogP) is 2.61. The van der Waals surface area contributed by atoms with Gasteiger partial charge in [-0.1, -0.05) is 0 Å². The monoisotopic (exact) mass is 432 g/mol. The fourth-order valence-electron chi connectivity index (χ4n) is 2.99. The number of hydrogen-bond acceptors (Lipinski definition) is 6. The van der Waals surface area contributed by atoms with E-state index in [0.717, 1.165) is 4.90 Å². The van der Waals surface area contributed by atoms with E-state index in [4.69, 9.17) is 0 Å². The topological polar surface area (TPSA) is 95.8 Å². The van der Waals surface area contributed by atoms with Crippen molar-refractivity contribution in [3.63, 3.8) is 0 Å². The van der Waals surface area contributed by atoms with E-state index in [1.165, 1.54) is 48.2 Å². The van der Waals surface area contributed by atoms with E-state index in [9.17, 15) is 24.1 Å². The normalized spacial score (nSPS) is 14.4. The Kier molecular flexibility index (Phi) is 7.36. The molecule has 0 aromatic heterocycles. The third-order valence-corrected chi connectivity index (χ3v) is 5.63. The summed E-state index contributed by atoms with van der Waals surface area (Å²) < 4.78 is 12.9. The molecule has 1 heterocycles. The number of amides is 2. The van der Waals surface area contributed by atoms with Gasteiger partial charge in [-0.05, 0) is 36.4 Å². The molecule has 158 valence electrons. The number of rotatable bonds is 7. The van der Waals surface area contributed by atoms with Gasteiger partial charge in [0.2, 0.25) is 11.8 Å². The molecule has 2 aromatic carbocycles. The zero-order valence-corrected chi connectivity index (χ0v) is 16.9. The summed E-state index contributed by atoms with van der Waals surface area (Å²) in [4.78, 5) is 39.3. The molecule has 1 fully saturated rings. The number of piperazine rings is 1. The molecule has 2 amide bonds. The molecule has 1 aliphatic rings. The van der Waals surface area contributed by atoms with E-state index in [-0.39, 0.29) is 35.6 Å². The summed E-state index contributed by atoms with van der Waals surface area (Å²) in [6.07, 6.45) is 0. The lowest BCUT2D eigenvalue weighted by Gasteiger charge is -2.34. The molecule has 30 heavy (non-hydrogen) atoms. The van der Waals surface area contributed by atoms with Crippen LogP contribution in [-0.4, -0.2) is 65.0 Å². The van der Waals surface area contributed by atoms with Crippen LogP contribution in [-0.2, 0) is 9.59 Å². The third-order valence-electron chi connectivity index (χ3n) is 4.63. The maximum absolute atomic E-state index is 12.9. The van der Waals surface area contributed by atoms with Crippen LogP contribution in [0.4, 0.5) is 15.8 Å². The van der Waals surface area contributed by atoms with Crippen LogP contribution in [0.1, 0.15) is 0 Å². The molecule has 2 aromatic rings. The van der Waals surface area contributed by atoms with Gasteiger partial charge in [0.05, 0.1) is 17.2 Å². The summed E-state index contributed by atoms with van der Waals surface area (Å²) in [5.74, 6) is -0.299. The number of nitrogens with zero attached hydrogens (tertiary/aromatic N) is 3. The van der Waals surface area contributed by atoms with Crippen LogP contribution >= 0.6 is 11.8 Å².